The molecule has 2 aliphatic heterocycles. The van der Waals surface area contributed by atoms with Crippen LogP contribution in [0.25, 0.3) is 11.1 Å². The maximum atomic E-state index is 13.6. The number of nitrogens with zero attached hydrogens (tertiary/aromatic N) is 4. The monoisotopic (exact) mass is 691 g/mol. The third-order valence-corrected chi connectivity index (χ3v) is 10.3. The van der Waals surface area contributed by atoms with Gasteiger partial charge in [-0.3, -0.25) is 18.7 Å². The van der Waals surface area contributed by atoms with Crippen molar-refractivity contribution in [1.82, 2.24) is 18.9 Å². The lowest BCUT2D eigenvalue weighted by atomic mass is 10.0. The summed E-state index contributed by atoms with van der Waals surface area (Å²) in [5.74, 6) is -0.0983. The van der Waals surface area contributed by atoms with Crippen molar-refractivity contribution in [2.75, 3.05) is 44.1 Å². The largest absolute Gasteiger partial charge is 0.497 e. The van der Waals surface area contributed by atoms with Crippen LogP contribution in [0, 0.1) is 0 Å². The number of hydrogen-bond acceptors (Lipinski definition) is 7. The Bertz CT molecular complexity index is 1900. The Balaban J connectivity index is 1.35. The molecule has 3 amide bonds. The Morgan fingerprint density at radius 3 is 2.46 bits per heavy atom. The molecule has 0 spiro atoms. The van der Waals surface area contributed by atoms with Crippen molar-refractivity contribution in [1.29, 1.82) is 0 Å². The number of urea groups is 1. The number of rotatable bonds is 8. The highest BCUT2D eigenvalue weighted by atomic mass is 35.5. The molecule has 2 aliphatic rings. The highest BCUT2D eigenvalue weighted by Crippen LogP contribution is 2.32. The topological polar surface area (TPSA) is 140 Å². The fourth-order valence-corrected chi connectivity index (χ4v) is 7.54. The van der Waals surface area contributed by atoms with E-state index in [1.165, 1.54) is 13.1 Å². The third-order valence-electron chi connectivity index (χ3n) is 8.41. The molecule has 1 atom stereocenters. The second-order valence-corrected chi connectivity index (χ2v) is 14.6. The molecule has 1 N–H and O–H groups in total. The quantitative estimate of drug-likeness (QED) is 0.380. The summed E-state index contributed by atoms with van der Waals surface area (Å²) in [4.78, 5) is 57.2. The van der Waals surface area contributed by atoms with Gasteiger partial charge in [-0.2, -0.15) is 0 Å². The molecule has 1 aromatic heterocycles. The van der Waals surface area contributed by atoms with Crippen molar-refractivity contribution < 1.29 is 22.7 Å². The van der Waals surface area contributed by atoms with Gasteiger partial charge in [-0.05, 0) is 56.0 Å². The molecule has 0 radical (unpaired) electrons. The minimum atomic E-state index is -3.56. The first kappa shape index (κ1) is 33.6. The van der Waals surface area contributed by atoms with Gasteiger partial charge in [-0.1, -0.05) is 35.3 Å². The molecule has 1 fully saturated rings. The van der Waals surface area contributed by atoms with Gasteiger partial charge in [0, 0.05) is 49.4 Å². The number of carbonyl (C=O) groups excluding carboxylic acids is 2. The van der Waals surface area contributed by atoms with Gasteiger partial charge in [0.05, 0.1) is 34.5 Å². The molecular formula is C31H35Cl2N5O7S. The van der Waals surface area contributed by atoms with Gasteiger partial charge in [0.1, 0.15) is 22.1 Å². The number of piperidine rings is 1. The SMILES string of the molecule is COc1ccc2c(c1)CCN(C1CCN(C(=O)Cn3cc(-c4cccc(Cl)c4Cl)c(=O)n([C@H](C)CS(C)(=O)=O)c3=O)CC1)C(=O)N2. The van der Waals surface area contributed by atoms with Crippen LogP contribution in [0.15, 0.2) is 52.2 Å². The average Bonchev–Trinajstić information content (AvgIpc) is 3.16. The second kappa shape index (κ2) is 13.5. The lowest BCUT2D eigenvalue weighted by molar-refractivity contribution is -0.133. The highest BCUT2D eigenvalue weighted by molar-refractivity contribution is 7.90. The van der Waals surface area contributed by atoms with Crippen molar-refractivity contribution in [3.05, 3.63) is 79.0 Å². The molecule has 46 heavy (non-hydrogen) atoms. The summed E-state index contributed by atoms with van der Waals surface area (Å²) in [5, 5.41) is 3.26. The van der Waals surface area contributed by atoms with Crippen LogP contribution >= 0.6 is 23.2 Å². The summed E-state index contributed by atoms with van der Waals surface area (Å²) in [6, 6.07) is 8.95. The zero-order valence-electron chi connectivity index (χ0n) is 25.7. The van der Waals surface area contributed by atoms with E-state index < -0.39 is 32.9 Å². The van der Waals surface area contributed by atoms with Gasteiger partial charge in [0.2, 0.25) is 5.91 Å². The predicted octanol–water partition coefficient (Wildman–Crippen LogP) is 3.68. The molecule has 2 aromatic carbocycles. The summed E-state index contributed by atoms with van der Waals surface area (Å²) in [7, 11) is -1.96. The van der Waals surface area contributed by atoms with E-state index in [1.54, 1.807) is 41.2 Å². The lowest BCUT2D eigenvalue weighted by Crippen LogP contribution is -2.51. The molecule has 1 saturated heterocycles. The number of ether oxygens (including phenoxy) is 1. The number of fused-ring (bicyclic) bond motifs is 1. The van der Waals surface area contributed by atoms with Gasteiger partial charge in [-0.25, -0.2) is 18.0 Å². The number of benzene rings is 2. The molecule has 15 heteroatoms. The summed E-state index contributed by atoms with van der Waals surface area (Å²) >= 11 is 12.6. The van der Waals surface area contributed by atoms with Crippen LogP contribution < -0.4 is 21.3 Å². The first-order valence-corrected chi connectivity index (χ1v) is 17.6. The van der Waals surface area contributed by atoms with Crippen LogP contribution in [-0.4, -0.2) is 84.1 Å². The van der Waals surface area contributed by atoms with Crippen molar-refractivity contribution >= 4 is 50.7 Å². The smallest absolute Gasteiger partial charge is 0.331 e. The number of carbonyl (C=O) groups is 2. The van der Waals surface area contributed by atoms with Gasteiger partial charge < -0.3 is 19.9 Å². The van der Waals surface area contributed by atoms with Gasteiger partial charge in [-0.15, -0.1) is 0 Å². The van der Waals surface area contributed by atoms with E-state index >= 15 is 0 Å². The Kier molecular flexibility index (Phi) is 9.85. The molecule has 0 unspecified atom stereocenters. The number of methoxy groups -OCH3 is 1. The van der Waals surface area contributed by atoms with Crippen LogP contribution in [-0.2, 0) is 27.6 Å². The molecule has 0 bridgehead atoms. The van der Waals surface area contributed by atoms with Gasteiger partial charge >= 0.3 is 11.7 Å². The fourth-order valence-electron chi connectivity index (χ4n) is 6.11. The third kappa shape index (κ3) is 7.11. The van der Waals surface area contributed by atoms with Crippen LogP contribution in [0.4, 0.5) is 10.5 Å². The Hall–Kier alpha value is -3.81. The first-order valence-electron chi connectivity index (χ1n) is 14.8. The zero-order chi connectivity index (χ0) is 33.3. The van der Waals surface area contributed by atoms with Crippen LogP contribution in [0.2, 0.25) is 10.0 Å². The van der Waals surface area contributed by atoms with Crippen molar-refractivity contribution in [3.8, 4) is 16.9 Å². The summed E-state index contributed by atoms with van der Waals surface area (Å²) < 4.78 is 31.4. The van der Waals surface area contributed by atoms with Crippen molar-refractivity contribution in [2.45, 2.75) is 44.8 Å². The fraction of sp³-hybridized carbons (Fsp3) is 0.419. The molecule has 0 saturated carbocycles. The Morgan fingerprint density at radius 1 is 1.07 bits per heavy atom. The molecule has 12 nitrogen and oxygen atoms in total. The number of amides is 3. The molecule has 3 aromatic rings. The van der Waals surface area contributed by atoms with Crippen molar-refractivity contribution in [2.24, 2.45) is 0 Å². The van der Waals surface area contributed by atoms with E-state index in [0.717, 1.165) is 32.4 Å². The molecule has 246 valence electrons. The standard InChI is InChI=1S/C31H35Cl2N5O7S/c1-19(18-46(3,43)44)38-29(40)24(23-5-4-6-25(32)28(23)33)16-36(31(38)42)17-27(39)35-12-10-21(11-13-35)37-14-9-20-15-22(45-2)7-8-26(20)34-30(37)41/h4-8,15-16,19,21H,9-14,17-18H2,1-3H3,(H,34,41)/t19-/m1/s1. The average molecular weight is 693 g/mol. The van der Waals surface area contributed by atoms with E-state index in [-0.39, 0.29) is 45.7 Å². The van der Waals surface area contributed by atoms with E-state index in [2.05, 4.69) is 5.32 Å². The number of likely N-dealkylation sites (tertiary alicyclic amines) is 1. The van der Waals surface area contributed by atoms with E-state index in [9.17, 15) is 27.6 Å². The molecule has 0 aliphatic carbocycles. The van der Waals surface area contributed by atoms with Crippen LogP contribution in [0.3, 0.4) is 0 Å². The first-order chi connectivity index (χ1) is 21.8. The Labute approximate surface area is 276 Å². The number of nitrogens with one attached hydrogen (secondary N) is 1. The minimum Gasteiger partial charge on any atom is -0.497 e. The number of anilines is 1. The zero-order valence-corrected chi connectivity index (χ0v) is 28.0. The number of sulfone groups is 1. The lowest BCUT2D eigenvalue weighted by Gasteiger charge is -2.38. The summed E-state index contributed by atoms with van der Waals surface area (Å²) in [6.45, 7) is 2.31. The van der Waals surface area contributed by atoms with Gasteiger partial charge in [0.15, 0.2) is 0 Å². The number of aromatic nitrogens is 2. The molecule has 3 heterocycles. The summed E-state index contributed by atoms with van der Waals surface area (Å²) in [5.41, 5.74) is 0.424. The molecular weight excluding hydrogens is 657 g/mol. The minimum absolute atomic E-state index is 0.00440. The highest BCUT2D eigenvalue weighted by Gasteiger charge is 2.32. The van der Waals surface area contributed by atoms with Crippen LogP contribution in [0.5, 0.6) is 5.75 Å². The van der Waals surface area contributed by atoms with Crippen LogP contribution in [0.1, 0.15) is 31.4 Å². The normalized spacial score (nSPS) is 16.4. The second-order valence-electron chi connectivity index (χ2n) is 11.7. The van der Waals surface area contributed by atoms with E-state index in [0.29, 0.717) is 38.9 Å². The summed E-state index contributed by atoms with van der Waals surface area (Å²) in [6.07, 6.45) is 4.03. The number of halogens is 2. The molecule has 5 rings (SSSR count). The predicted molar refractivity (Wildman–Crippen MR) is 177 cm³/mol. The van der Waals surface area contributed by atoms with E-state index in [1.807, 2.05) is 12.1 Å². The maximum Gasteiger partial charge on any atom is 0.331 e. The van der Waals surface area contributed by atoms with Crippen molar-refractivity contribution in [3.63, 3.8) is 0 Å². The Morgan fingerprint density at radius 2 is 1.78 bits per heavy atom. The number of hydrogen-bond donors (Lipinski definition) is 1. The maximum absolute atomic E-state index is 13.6. The van der Waals surface area contributed by atoms with E-state index in [4.69, 9.17) is 27.9 Å². The van der Waals surface area contributed by atoms with Gasteiger partial charge in [0.25, 0.3) is 5.56 Å².